The van der Waals surface area contributed by atoms with Gasteiger partial charge >= 0.3 is 5.97 Å². The molecule has 0 amide bonds. The van der Waals surface area contributed by atoms with E-state index in [9.17, 15) is 9.18 Å². The number of hydrogen-bond acceptors (Lipinski definition) is 3. The number of halogens is 1. The molecule has 1 aromatic carbocycles. The number of H-pyrrole nitrogens is 1. The highest BCUT2D eigenvalue weighted by Crippen LogP contribution is 2.21. The van der Waals surface area contributed by atoms with Gasteiger partial charge < -0.3 is 9.72 Å². The Kier molecular flexibility index (Phi) is 2.91. The number of rotatable bonds is 2. The Morgan fingerprint density at radius 2 is 2.24 bits per heavy atom. The molecule has 0 bridgehead atoms. The average molecular weight is 234 g/mol. The minimum atomic E-state index is -0.483. The lowest BCUT2D eigenvalue weighted by Gasteiger charge is -2.02. The minimum absolute atomic E-state index is 0.270. The third kappa shape index (κ3) is 2.18. The van der Waals surface area contributed by atoms with Crippen LogP contribution in [0.2, 0.25) is 0 Å². The molecule has 2 rings (SSSR count). The van der Waals surface area contributed by atoms with Crippen molar-refractivity contribution in [2.45, 2.75) is 6.92 Å². The molecule has 0 saturated carbocycles. The molecule has 0 spiro atoms. The van der Waals surface area contributed by atoms with Gasteiger partial charge in [-0.25, -0.2) is 14.2 Å². The van der Waals surface area contributed by atoms with Gasteiger partial charge in [0.2, 0.25) is 0 Å². The molecule has 0 unspecified atom stereocenters. The molecule has 0 fully saturated rings. The van der Waals surface area contributed by atoms with Crippen LogP contribution >= 0.6 is 0 Å². The molecule has 5 heteroatoms. The summed E-state index contributed by atoms with van der Waals surface area (Å²) in [6, 6.07) is 4.38. The van der Waals surface area contributed by atoms with Crippen LogP contribution in [0.1, 0.15) is 16.1 Å². The van der Waals surface area contributed by atoms with Crippen LogP contribution in [0.15, 0.2) is 24.4 Å². The number of ether oxygens (including phenoxy) is 1. The number of aromatic amines is 1. The molecule has 0 atom stereocenters. The second-order valence-corrected chi connectivity index (χ2v) is 3.60. The SMILES string of the molecule is COC(=O)c1cnc(-c2ccc(F)cc2C)[nH]1. The van der Waals surface area contributed by atoms with Gasteiger partial charge in [-0.3, -0.25) is 0 Å². The molecular weight excluding hydrogens is 223 g/mol. The largest absolute Gasteiger partial charge is 0.464 e. The van der Waals surface area contributed by atoms with Crippen LogP contribution in [-0.2, 0) is 4.74 Å². The number of carbonyl (C=O) groups excluding carboxylic acids is 1. The van der Waals surface area contributed by atoms with E-state index in [4.69, 9.17) is 0 Å². The second kappa shape index (κ2) is 4.37. The fourth-order valence-corrected chi connectivity index (χ4v) is 1.56. The van der Waals surface area contributed by atoms with Gasteiger partial charge in [-0.1, -0.05) is 0 Å². The molecule has 1 N–H and O–H groups in total. The van der Waals surface area contributed by atoms with Crippen LogP contribution in [-0.4, -0.2) is 23.0 Å². The van der Waals surface area contributed by atoms with Gasteiger partial charge in [-0.2, -0.15) is 0 Å². The lowest BCUT2D eigenvalue weighted by atomic mass is 10.1. The molecule has 1 heterocycles. The first-order valence-corrected chi connectivity index (χ1v) is 5.01. The maximum absolute atomic E-state index is 12.9. The summed E-state index contributed by atoms with van der Waals surface area (Å²) in [6.07, 6.45) is 1.39. The summed E-state index contributed by atoms with van der Waals surface area (Å²) in [5, 5.41) is 0. The Balaban J connectivity index is 2.40. The highest BCUT2D eigenvalue weighted by atomic mass is 19.1. The Bertz CT molecular complexity index is 563. The first-order valence-electron chi connectivity index (χ1n) is 5.01. The lowest BCUT2D eigenvalue weighted by molar-refractivity contribution is 0.0595. The van der Waals surface area contributed by atoms with E-state index in [1.807, 2.05) is 0 Å². The predicted octanol–water partition coefficient (Wildman–Crippen LogP) is 2.31. The zero-order valence-corrected chi connectivity index (χ0v) is 9.45. The monoisotopic (exact) mass is 234 g/mol. The van der Waals surface area contributed by atoms with Gasteiger partial charge in [0.25, 0.3) is 0 Å². The summed E-state index contributed by atoms with van der Waals surface area (Å²) in [5.41, 5.74) is 1.77. The summed E-state index contributed by atoms with van der Waals surface area (Å²) in [4.78, 5) is 18.1. The van der Waals surface area contributed by atoms with Gasteiger partial charge in [0, 0.05) is 5.56 Å². The summed E-state index contributed by atoms with van der Waals surface area (Å²) in [7, 11) is 1.30. The molecule has 88 valence electrons. The van der Waals surface area contributed by atoms with Gasteiger partial charge in [-0.15, -0.1) is 0 Å². The normalized spacial score (nSPS) is 10.3. The maximum atomic E-state index is 12.9. The Labute approximate surface area is 97.5 Å². The van der Waals surface area contributed by atoms with Crippen molar-refractivity contribution in [1.29, 1.82) is 0 Å². The topological polar surface area (TPSA) is 55.0 Å². The van der Waals surface area contributed by atoms with E-state index < -0.39 is 5.97 Å². The number of nitrogens with zero attached hydrogens (tertiary/aromatic N) is 1. The van der Waals surface area contributed by atoms with Crippen LogP contribution in [0.4, 0.5) is 4.39 Å². The minimum Gasteiger partial charge on any atom is -0.464 e. The van der Waals surface area contributed by atoms with E-state index in [-0.39, 0.29) is 11.5 Å². The van der Waals surface area contributed by atoms with Gasteiger partial charge in [0.05, 0.1) is 13.3 Å². The lowest BCUT2D eigenvalue weighted by Crippen LogP contribution is -2.01. The van der Waals surface area contributed by atoms with Crippen molar-refractivity contribution in [2.24, 2.45) is 0 Å². The molecule has 4 nitrogen and oxygen atoms in total. The van der Waals surface area contributed by atoms with Crippen molar-refractivity contribution < 1.29 is 13.9 Å². The van der Waals surface area contributed by atoms with Gasteiger partial charge in [0.15, 0.2) is 0 Å². The van der Waals surface area contributed by atoms with Crippen LogP contribution in [0.25, 0.3) is 11.4 Å². The number of aryl methyl sites for hydroxylation is 1. The van der Waals surface area contributed by atoms with Crippen LogP contribution in [0, 0.1) is 12.7 Å². The third-order valence-electron chi connectivity index (χ3n) is 2.42. The maximum Gasteiger partial charge on any atom is 0.356 e. The average Bonchev–Trinajstić information content (AvgIpc) is 2.77. The summed E-state index contributed by atoms with van der Waals surface area (Å²) in [6.45, 7) is 1.78. The van der Waals surface area contributed by atoms with Gasteiger partial charge in [-0.05, 0) is 30.7 Å². The van der Waals surface area contributed by atoms with E-state index in [0.29, 0.717) is 5.82 Å². The standard InChI is InChI=1S/C12H11FN2O2/c1-7-5-8(13)3-4-9(7)11-14-6-10(15-11)12(16)17-2/h3-6H,1-2H3,(H,14,15). The van der Waals surface area contributed by atoms with Crippen molar-refractivity contribution in [1.82, 2.24) is 9.97 Å². The number of esters is 1. The molecule has 1 aromatic heterocycles. The number of benzene rings is 1. The van der Waals surface area contributed by atoms with Crippen molar-refractivity contribution in [3.63, 3.8) is 0 Å². The number of methoxy groups -OCH3 is 1. The second-order valence-electron chi connectivity index (χ2n) is 3.60. The van der Waals surface area contributed by atoms with Crippen LogP contribution in [0.5, 0.6) is 0 Å². The Hall–Kier alpha value is -2.17. The molecule has 0 saturated heterocycles. The number of carbonyl (C=O) groups is 1. The molecule has 2 aromatic rings. The quantitative estimate of drug-likeness (QED) is 0.811. The first-order chi connectivity index (χ1) is 8.11. The van der Waals surface area contributed by atoms with E-state index in [2.05, 4.69) is 14.7 Å². The van der Waals surface area contributed by atoms with Crippen molar-refractivity contribution in [2.75, 3.05) is 7.11 Å². The molecule has 0 radical (unpaired) electrons. The van der Waals surface area contributed by atoms with Crippen molar-refractivity contribution in [3.8, 4) is 11.4 Å². The van der Waals surface area contributed by atoms with E-state index in [1.165, 1.54) is 25.4 Å². The third-order valence-corrected chi connectivity index (χ3v) is 2.42. The number of aromatic nitrogens is 2. The zero-order chi connectivity index (χ0) is 12.4. The molecule has 17 heavy (non-hydrogen) atoms. The smallest absolute Gasteiger partial charge is 0.356 e. The van der Waals surface area contributed by atoms with E-state index >= 15 is 0 Å². The summed E-state index contributed by atoms with van der Waals surface area (Å²) >= 11 is 0. The summed E-state index contributed by atoms with van der Waals surface area (Å²) < 4.78 is 17.5. The Morgan fingerprint density at radius 3 is 2.88 bits per heavy atom. The zero-order valence-electron chi connectivity index (χ0n) is 9.45. The fraction of sp³-hybridized carbons (Fsp3) is 0.167. The first kappa shape index (κ1) is 11.3. The van der Waals surface area contributed by atoms with Crippen molar-refractivity contribution >= 4 is 5.97 Å². The van der Waals surface area contributed by atoms with Gasteiger partial charge in [0.1, 0.15) is 17.3 Å². The van der Waals surface area contributed by atoms with Crippen molar-refractivity contribution in [3.05, 3.63) is 41.5 Å². The predicted molar refractivity (Wildman–Crippen MR) is 60.1 cm³/mol. The highest BCUT2D eigenvalue weighted by molar-refractivity contribution is 5.87. The number of nitrogens with one attached hydrogen (secondary N) is 1. The summed E-state index contributed by atoms with van der Waals surface area (Å²) in [5.74, 6) is -0.266. The van der Waals surface area contributed by atoms with Crippen LogP contribution in [0.3, 0.4) is 0 Å². The van der Waals surface area contributed by atoms with E-state index in [0.717, 1.165) is 11.1 Å². The fourth-order valence-electron chi connectivity index (χ4n) is 1.56. The Morgan fingerprint density at radius 1 is 1.47 bits per heavy atom. The number of hydrogen-bond donors (Lipinski definition) is 1. The van der Waals surface area contributed by atoms with Crippen LogP contribution < -0.4 is 0 Å². The molecule has 0 aliphatic rings. The molecule has 0 aliphatic carbocycles. The molecule has 0 aliphatic heterocycles. The molecular formula is C12H11FN2O2. The highest BCUT2D eigenvalue weighted by Gasteiger charge is 2.12. The van der Waals surface area contributed by atoms with E-state index in [1.54, 1.807) is 13.0 Å². The number of imidazole rings is 1.